The molecule has 1 N–H and O–H groups in total. The van der Waals surface area contributed by atoms with Crippen LogP contribution in [-0.2, 0) is 16.4 Å². The molecule has 6 heteroatoms. The number of H-pyrrole nitrogens is 1. The zero-order chi connectivity index (χ0) is 11.0. The van der Waals surface area contributed by atoms with Crippen LogP contribution in [0.2, 0.25) is 0 Å². The Morgan fingerprint density at radius 2 is 2.07 bits per heavy atom. The van der Waals surface area contributed by atoms with Crippen LogP contribution in [0, 0.1) is 0 Å². The van der Waals surface area contributed by atoms with E-state index in [1.807, 2.05) is 0 Å². The number of hydrogen-bond donors (Lipinski definition) is 1. The summed E-state index contributed by atoms with van der Waals surface area (Å²) in [5.41, 5.74) is -0.290. The highest BCUT2D eigenvalue weighted by molar-refractivity contribution is 7.92. The van der Waals surface area contributed by atoms with Gasteiger partial charge in [0.2, 0.25) is 0 Å². The van der Waals surface area contributed by atoms with Gasteiger partial charge < -0.3 is 4.98 Å². The van der Waals surface area contributed by atoms with E-state index in [2.05, 4.69) is 4.98 Å². The zero-order valence-electron chi connectivity index (χ0n) is 8.44. The number of sulfone groups is 1. The predicted molar refractivity (Wildman–Crippen MR) is 54.0 cm³/mol. The Morgan fingerprint density at radius 1 is 1.50 bits per heavy atom. The molecule has 1 rings (SSSR count). The summed E-state index contributed by atoms with van der Waals surface area (Å²) in [6.07, 6.45) is 4.20. The lowest BCUT2D eigenvalue weighted by molar-refractivity contribution is 0.496. The van der Waals surface area contributed by atoms with Gasteiger partial charge in [0.15, 0.2) is 9.84 Å². The van der Waals surface area contributed by atoms with Crippen LogP contribution in [0.3, 0.4) is 0 Å². The molecule has 0 saturated heterocycles. The number of imidazole rings is 1. The summed E-state index contributed by atoms with van der Waals surface area (Å²) in [5.74, 6) is 0. The van der Waals surface area contributed by atoms with E-state index >= 15 is 0 Å². The molecule has 0 aromatic carbocycles. The Labute approximate surface area is 82.7 Å². The summed E-state index contributed by atoms with van der Waals surface area (Å²) in [5, 5.41) is 0. The third-order valence-corrected chi connectivity index (χ3v) is 4.41. The van der Waals surface area contributed by atoms with Crippen LogP contribution >= 0.6 is 0 Å². The Kier molecular flexibility index (Phi) is 2.58. The van der Waals surface area contributed by atoms with Gasteiger partial charge in [0.25, 0.3) is 0 Å². The maximum atomic E-state index is 11.4. The molecule has 0 unspecified atom stereocenters. The van der Waals surface area contributed by atoms with Crippen molar-refractivity contribution in [1.82, 2.24) is 9.55 Å². The average molecular weight is 218 g/mol. The second-order valence-electron chi connectivity index (χ2n) is 3.92. The normalized spacial score (nSPS) is 13.1. The molecule has 5 nitrogen and oxygen atoms in total. The number of rotatable bonds is 3. The van der Waals surface area contributed by atoms with E-state index in [-0.39, 0.29) is 12.2 Å². The van der Waals surface area contributed by atoms with Crippen molar-refractivity contribution in [2.75, 3.05) is 6.26 Å². The molecule has 0 aliphatic carbocycles. The highest BCUT2D eigenvalue weighted by Crippen LogP contribution is 2.16. The number of nitrogens with zero attached hydrogens (tertiary/aromatic N) is 1. The van der Waals surface area contributed by atoms with Crippen LogP contribution < -0.4 is 5.69 Å². The molecule has 0 bridgehead atoms. The third-order valence-electron chi connectivity index (χ3n) is 2.28. The van der Waals surface area contributed by atoms with Gasteiger partial charge in [0, 0.05) is 25.2 Å². The lowest BCUT2D eigenvalue weighted by Crippen LogP contribution is -2.38. The number of nitrogens with one attached hydrogen (secondary N) is 1. The van der Waals surface area contributed by atoms with Crippen molar-refractivity contribution in [1.29, 1.82) is 0 Å². The molecule has 1 aromatic rings. The maximum Gasteiger partial charge on any atom is 0.325 e. The highest BCUT2D eigenvalue weighted by Gasteiger charge is 2.30. The van der Waals surface area contributed by atoms with Gasteiger partial charge in [0.05, 0.1) is 4.75 Å². The minimum atomic E-state index is -3.17. The molecule has 80 valence electrons. The first-order valence-electron chi connectivity index (χ1n) is 4.17. The van der Waals surface area contributed by atoms with Crippen molar-refractivity contribution < 1.29 is 8.42 Å². The first-order chi connectivity index (χ1) is 6.24. The van der Waals surface area contributed by atoms with E-state index in [1.54, 1.807) is 13.8 Å². The smallest absolute Gasteiger partial charge is 0.313 e. The van der Waals surface area contributed by atoms with Gasteiger partial charge in [-0.3, -0.25) is 4.57 Å². The molecule has 14 heavy (non-hydrogen) atoms. The summed E-state index contributed by atoms with van der Waals surface area (Å²) in [7, 11) is -3.17. The van der Waals surface area contributed by atoms with Crippen LogP contribution in [0.1, 0.15) is 13.8 Å². The van der Waals surface area contributed by atoms with Gasteiger partial charge in [-0.15, -0.1) is 0 Å². The molecule has 0 aliphatic rings. The van der Waals surface area contributed by atoms with Crippen molar-refractivity contribution in [3.8, 4) is 0 Å². The third kappa shape index (κ3) is 2.06. The average Bonchev–Trinajstić information content (AvgIpc) is 2.33. The molecule has 0 saturated carbocycles. The van der Waals surface area contributed by atoms with Crippen molar-refractivity contribution in [2.24, 2.45) is 0 Å². The van der Waals surface area contributed by atoms with Gasteiger partial charge in [-0.1, -0.05) is 0 Å². The van der Waals surface area contributed by atoms with Gasteiger partial charge >= 0.3 is 5.69 Å². The lowest BCUT2D eigenvalue weighted by Gasteiger charge is -2.22. The fraction of sp³-hybridized carbons (Fsp3) is 0.625. The predicted octanol–water partition coefficient (Wildman–Crippen LogP) is -0.000400. The number of aromatic amines is 1. The fourth-order valence-electron chi connectivity index (χ4n) is 1.00. The van der Waals surface area contributed by atoms with Crippen LogP contribution in [0.25, 0.3) is 0 Å². The van der Waals surface area contributed by atoms with Crippen LogP contribution in [0.5, 0.6) is 0 Å². The Morgan fingerprint density at radius 3 is 2.43 bits per heavy atom. The molecule has 0 spiro atoms. The second kappa shape index (κ2) is 3.27. The molecule has 0 amide bonds. The summed E-state index contributed by atoms with van der Waals surface area (Å²) >= 11 is 0. The van der Waals surface area contributed by atoms with Crippen LogP contribution in [0.15, 0.2) is 17.2 Å². The van der Waals surface area contributed by atoms with Gasteiger partial charge in [-0.05, 0) is 13.8 Å². The maximum absolute atomic E-state index is 11.4. The molecule has 1 heterocycles. The summed E-state index contributed by atoms with van der Waals surface area (Å²) in [6, 6.07) is 0. The summed E-state index contributed by atoms with van der Waals surface area (Å²) in [6.45, 7) is 3.36. The Balaban J connectivity index is 3.01. The minimum absolute atomic E-state index is 0.161. The van der Waals surface area contributed by atoms with Gasteiger partial charge in [-0.25, -0.2) is 13.2 Å². The SMILES string of the molecule is CC(C)(Cn1cc[nH]c1=O)S(C)(=O)=O. The standard InChI is InChI=1S/C8H14N2O3S/c1-8(2,14(3,12)13)6-10-5-4-9-7(10)11/h4-5H,6H2,1-3H3,(H,9,11). The molecule has 0 aliphatic heterocycles. The fourth-order valence-corrected chi connectivity index (χ4v) is 1.37. The topological polar surface area (TPSA) is 71.9 Å². The second-order valence-corrected chi connectivity index (χ2v) is 6.57. The van der Waals surface area contributed by atoms with Crippen molar-refractivity contribution in [3.05, 3.63) is 22.9 Å². The number of hydrogen-bond acceptors (Lipinski definition) is 3. The highest BCUT2D eigenvalue weighted by atomic mass is 32.2. The van der Waals surface area contributed by atoms with E-state index in [4.69, 9.17) is 0 Å². The first kappa shape index (κ1) is 11.0. The Bertz CT molecular complexity index is 467. The zero-order valence-corrected chi connectivity index (χ0v) is 9.26. The monoisotopic (exact) mass is 218 g/mol. The molecule has 0 radical (unpaired) electrons. The molecule has 0 atom stereocenters. The molecular weight excluding hydrogens is 204 g/mol. The van der Waals surface area contributed by atoms with E-state index in [0.717, 1.165) is 0 Å². The lowest BCUT2D eigenvalue weighted by atomic mass is 10.2. The Hall–Kier alpha value is -1.04. The van der Waals surface area contributed by atoms with E-state index in [0.29, 0.717) is 0 Å². The summed E-state index contributed by atoms with van der Waals surface area (Å²) in [4.78, 5) is 13.6. The molecule has 0 fully saturated rings. The molecule has 1 aromatic heterocycles. The minimum Gasteiger partial charge on any atom is -0.313 e. The quantitative estimate of drug-likeness (QED) is 0.776. The van der Waals surface area contributed by atoms with Gasteiger partial charge in [0.1, 0.15) is 0 Å². The molecular formula is C8H14N2O3S. The van der Waals surface area contributed by atoms with E-state index < -0.39 is 14.6 Å². The van der Waals surface area contributed by atoms with Crippen LogP contribution in [0.4, 0.5) is 0 Å². The van der Waals surface area contributed by atoms with E-state index in [1.165, 1.54) is 23.2 Å². The van der Waals surface area contributed by atoms with Crippen molar-refractivity contribution in [2.45, 2.75) is 25.1 Å². The van der Waals surface area contributed by atoms with Crippen LogP contribution in [-0.4, -0.2) is 29.0 Å². The van der Waals surface area contributed by atoms with Gasteiger partial charge in [-0.2, -0.15) is 0 Å². The summed E-state index contributed by atoms with van der Waals surface area (Å²) < 4.78 is 23.1. The first-order valence-corrected chi connectivity index (χ1v) is 6.06. The van der Waals surface area contributed by atoms with E-state index in [9.17, 15) is 13.2 Å². The van der Waals surface area contributed by atoms with Crippen molar-refractivity contribution >= 4 is 9.84 Å². The largest absolute Gasteiger partial charge is 0.325 e. The number of aromatic nitrogens is 2. The van der Waals surface area contributed by atoms with Crippen molar-refractivity contribution in [3.63, 3.8) is 0 Å².